The van der Waals surface area contributed by atoms with E-state index in [1.165, 1.54) is 13.8 Å². The Morgan fingerprint density at radius 2 is 1.89 bits per heavy atom. The maximum Gasteiger partial charge on any atom is 0.240 e. The largest absolute Gasteiger partial charge is 0.370 e. The lowest BCUT2D eigenvalue weighted by Crippen LogP contribution is -2.55. The van der Waals surface area contributed by atoms with E-state index in [9.17, 15) is 9.59 Å². The summed E-state index contributed by atoms with van der Waals surface area (Å²) in [4.78, 5) is 22.8. The van der Waals surface area contributed by atoms with E-state index in [1.54, 1.807) is 0 Å². The van der Waals surface area contributed by atoms with Crippen molar-refractivity contribution in [2.75, 3.05) is 6.54 Å². The van der Waals surface area contributed by atoms with Gasteiger partial charge in [-0.05, 0) is 26.7 Å². The van der Waals surface area contributed by atoms with Crippen LogP contribution in [0.4, 0.5) is 0 Å². The minimum Gasteiger partial charge on any atom is -0.370 e. The van der Waals surface area contributed by atoms with Crippen molar-refractivity contribution in [1.29, 1.82) is 5.41 Å². The molecule has 0 fully saturated rings. The molecule has 0 heterocycles. The van der Waals surface area contributed by atoms with Crippen molar-refractivity contribution in [2.24, 2.45) is 17.2 Å². The summed E-state index contributed by atoms with van der Waals surface area (Å²) in [5, 5.41) is 12.0. The average molecular weight is 258 g/mol. The van der Waals surface area contributed by atoms with Crippen molar-refractivity contribution in [1.82, 2.24) is 10.6 Å². The normalized spacial score (nSPS) is 12.6. The first-order chi connectivity index (χ1) is 8.14. The maximum absolute atomic E-state index is 11.6. The molecule has 0 aromatic carbocycles. The summed E-state index contributed by atoms with van der Waals surface area (Å²) >= 11 is 0. The van der Waals surface area contributed by atoms with Gasteiger partial charge in [-0.15, -0.1) is 0 Å². The van der Waals surface area contributed by atoms with Crippen molar-refractivity contribution in [3.63, 3.8) is 0 Å². The monoisotopic (exact) mass is 258 g/mol. The molecule has 0 spiro atoms. The lowest BCUT2D eigenvalue weighted by atomic mass is 10.0. The Morgan fingerprint density at radius 3 is 2.28 bits per heavy atom. The van der Waals surface area contributed by atoms with Gasteiger partial charge in [0.2, 0.25) is 11.8 Å². The number of nitrogens with one attached hydrogen (secondary N) is 3. The van der Waals surface area contributed by atoms with Crippen LogP contribution in [0.2, 0.25) is 0 Å². The van der Waals surface area contributed by atoms with Crippen molar-refractivity contribution < 1.29 is 9.59 Å². The Bertz CT molecular complexity index is 323. The number of amides is 2. The molecule has 0 aliphatic carbocycles. The third-order valence-electron chi connectivity index (χ3n) is 2.22. The number of primary amides is 1. The first kappa shape index (κ1) is 16.2. The van der Waals surface area contributed by atoms with Crippen LogP contribution in [-0.4, -0.2) is 35.9 Å². The van der Waals surface area contributed by atoms with Crippen molar-refractivity contribution in [2.45, 2.75) is 38.3 Å². The quantitative estimate of drug-likeness (QED) is 0.176. The second-order valence-corrected chi connectivity index (χ2v) is 4.63. The summed E-state index contributed by atoms with van der Waals surface area (Å²) in [6, 6.07) is -0.769. The molecule has 0 aromatic rings. The van der Waals surface area contributed by atoms with Gasteiger partial charge in [0.05, 0.1) is 5.54 Å². The van der Waals surface area contributed by atoms with E-state index in [2.05, 4.69) is 10.6 Å². The van der Waals surface area contributed by atoms with Crippen molar-refractivity contribution >= 4 is 17.8 Å². The second-order valence-electron chi connectivity index (χ2n) is 4.63. The van der Waals surface area contributed by atoms with E-state index in [0.717, 1.165) is 0 Å². The molecule has 9 N–H and O–H groups in total. The average Bonchev–Trinajstić information content (AvgIpc) is 2.19. The maximum atomic E-state index is 11.6. The Labute approximate surface area is 106 Å². The predicted octanol–water partition coefficient (Wildman–Crippen LogP) is -2.04. The van der Waals surface area contributed by atoms with Gasteiger partial charge in [-0.2, -0.15) is 0 Å². The number of carbonyl (C=O) groups excluding carboxylic acids is 2. The number of hydrogen-bond donors (Lipinski definition) is 6. The highest BCUT2D eigenvalue weighted by atomic mass is 16.2. The topological polar surface area (TPSA) is 160 Å². The molecular weight excluding hydrogens is 236 g/mol. The lowest BCUT2D eigenvalue weighted by molar-refractivity contribution is -0.130. The third kappa shape index (κ3) is 6.69. The minimum absolute atomic E-state index is 0.141. The molecule has 0 aromatic heterocycles. The smallest absolute Gasteiger partial charge is 0.240 e. The van der Waals surface area contributed by atoms with Crippen LogP contribution in [0.5, 0.6) is 0 Å². The number of hydrogen-bond acceptors (Lipinski definition) is 4. The third-order valence-corrected chi connectivity index (χ3v) is 2.22. The van der Waals surface area contributed by atoms with Crippen LogP contribution in [0.15, 0.2) is 0 Å². The zero-order valence-corrected chi connectivity index (χ0v) is 10.7. The Morgan fingerprint density at radius 1 is 1.33 bits per heavy atom. The summed E-state index contributed by atoms with van der Waals surface area (Å²) in [5.74, 6) is -1.20. The molecule has 8 nitrogen and oxygen atoms in total. The highest BCUT2D eigenvalue weighted by molar-refractivity contribution is 5.90. The fourth-order valence-electron chi connectivity index (χ4n) is 1.16. The van der Waals surface area contributed by atoms with Crippen LogP contribution in [0.1, 0.15) is 26.7 Å². The summed E-state index contributed by atoms with van der Waals surface area (Å²) in [7, 11) is 0. The number of guanidine groups is 1. The van der Waals surface area contributed by atoms with Crippen LogP contribution < -0.4 is 27.8 Å². The molecule has 0 saturated carbocycles. The molecule has 2 amide bonds. The van der Waals surface area contributed by atoms with E-state index >= 15 is 0 Å². The van der Waals surface area contributed by atoms with Crippen LogP contribution in [-0.2, 0) is 9.59 Å². The lowest BCUT2D eigenvalue weighted by Gasteiger charge is -2.22. The van der Waals surface area contributed by atoms with Crippen molar-refractivity contribution in [3.05, 3.63) is 0 Å². The molecule has 0 aliphatic heterocycles. The highest BCUT2D eigenvalue weighted by Crippen LogP contribution is 2.01. The van der Waals surface area contributed by atoms with Crippen LogP contribution in [0, 0.1) is 5.41 Å². The fraction of sp³-hybridized carbons (Fsp3) is 0.700. The zero-order valence-electron chi connectivity index (χ0n) is 10.7. The van der Waals surface area contributed by atoms with Gasteiger partial charge in [0.1, 0.15) is 6.04 Å². The van der Waals surface area contributed by atoms with Gasteiger partial charge in [0, 0.05) is 6.54 Å². The first-order valence-electron chi connectivity index (χ1n) is 5.61. The molecule has 0 unspecified atom stereocenters. The minimum atomic E-state index is -1.06. The predicted molar refractivity (Wildman–Crippen MR) is 68.5 cm³/mol. The highest BCUT2D eigenvalue weighted by Gasteiger charge is 2.26. The Kier molecular flexibility index (Phi) is 6.11. The van der Waals surface area contributed by atoms with Crippen LogP contribution in [0.25, 0.3) is 0 Å². The Balaban J connectivity index is 4.21. The molecule has 8 heteroatoms. The summed E-state index contributed by atoms with van der Waals surface area (Å²) < 4.78 is 0. The molecule has 0 bridgehead atoms. The second kappa shape index (κ2) is 6.80. The standard InChI is InChI=1S/C10H22N6O2/c1-10(2,14)8(18)16-6(7(11)17)4-3-5-15-9(12)13/h6H,3-5,14H2,1-2H3,(H2,11,17)(H,16,18)(H4,12,13,15)/t6-/m0/s1. The molecule has 0 aliphatic rings. The van der Waals surface area contributed by atoms with Gasteiger partial charge in [-0.1, -0.05) is 0 Å². The van der Waals surface area contributed by atoms with E-state index in [1.807, 2.05) is 0 Å². The van der Waals surface area contributed by atoms with Crippen LogP contribution in [0.3, 0.4) is 0 Å². The molecule has 0 saturated heterocycles. The van der Waals surface area contributed by atoms with E-state index in [0.29, 0.717) is 19.4 Å². The Hall–Kier alpha value is -1.83. The van der Waals surface area contributed by atoms with Gasteiger partial charge < -0.3 is 27.8 Å². The molecule has 0 radical (unpaired) electrons. The van der Waals surface area contributed by atoms with E-state index < -0.39 is 23.4 Å². The molecule has 1 atom stereocenters. The van der Waals surface area contributed by atoms with Gasteiger partial charge in [0.15, 0.2) is 5.96 Å². The molecule has 18 heavy (non-hydrogen) atoms. The fourth-order valence-corrected chi connectivity index (χ4v) is 1.16. The van der Waals surface area contributed by atoms with E-state index in [4.69, 9.17) is 22.6 Å². The number of carbonyl (C=O) groups is 2. The number of rotatable bonds is 7. The van der Waals surface area contributed by atoms with Gasteiger partial charge >= 0.3 is 0 Å². The summed E-state index contributed by atoms with van der Waals surface area (Å²) in [6.07, 6.45) is 0.899. The first-order valence-corrected chi connectivity index (χ1v) is 5.61. The van der Waals surface area contributed by atoms with Crippen LogP contribution >= 0.6 is 0 Å². The SMILES string of the molecule is CC(C)(N)C(=O)N[C@@H](CCCNC(=N)N)C(N)=O. The van der Waals surface area contributed by atoms with E-state index in [-0.39, 0.29) is 5.96 Å². The van der Waals surface area contributed by atoms with Gasteiger partial charge in [0.25, 0.3) is 0 Å². The molecule has 0 rings (SSSR count). The zero-order chi connectivity index (χ0) is 14.3. The summed E-state index contributed by atoms with van der Waals surface area (Å²) in [5.41, 5.74) is 14.8. The molecule has 104 valence electrons. The molecular formula is C10H22N6O2. The summed E-state index contributed by atoms with van der Waals surface area (Å²) in [6.45, 7) is 3.51. The van der Waals surface area contributed by atoms with Gasteiger partial charge in [-0.3, -0.25) is 15.0 Å². The van der Waals surface area contributed by atoms with Crippen molar-refractivity contribution in [3.8, 4) is 0 Å². The van der Waals surface area contributed by atoms with Gasteiger partial charge in [-0.25, -0.2) is 0 Å². The number of nitrogens with two attached hydrogens (primary N) is 3.